The molecule has 22 heavy (non-hydrogen) atoms. The molecule has 2 aromatic carbocycles. The molecular formula is C17H18N2O3. The van der Waals surface area contributed by atoms with Crippen molar-refractivity contribution in [2.45, 2.75) is 6.54 Å². The minimum Gasteiger partial charge on any atom is -0.497 e. The van der Waals surface area contributed by atoms with Crippen molar-refractivity contribution in [3.05, 3.63) is 65.2 Å². The van der Waals surface area contributed by atoms with Gasteiger partial charge in [0.25, 0.3) is 11.8 Å². The van der Waals surface area contributed by atoms with Gasteiger partial charge in [0.1, 0.15) is 5.75 Å². The zero-order valence-corrected chi connectivity index (χ0v) is 12.6. The number of carbonyl (C=O) groups is 2. The van der Waals surface area contributed by atoms with E-state index in [2.05, 4.69) is 10.6 Å². The minimum atomic E-state index is -0.172. The zero-order chi connectivity index (χ0) is 15.9. The molecule has 0 aliphatic heterocycles. The first-order chi connectivity index (χ1) is 10.6. The average molecular weight is 298 g/mol. The van der Waals surface area contributed by atoms with Crippen LogP contribution in [0.25, 0.3) is 0 Å². The Hall–Kier alpha value is -2.82. The predicted octanol–water partition coefficient (Wildman–Crippen LogP) is 1.98. The van der Waals surface area contributed by atoms with Crippen molar-refractivity contribution in [2.24, 2.45) is 0 Å². The van der Waals surface area contributed by atoms with E-state index in [0.717, 1.165) is 5.56 Å². The van der Waals surface area contributed by atoms with Gasteiger partial charge in [-0.05, 0) is 35.9 Å². The highest BCUT2D eigenvalue weighted by atomic mass is 16.5. The lowest BCUT2D eigenvalue weighted by molar-refractivity contribution is 0.0945. The van der Waals surface area contributed by atoms with E-state index in [1.165, 1.54) is 0 Å². The molecule has 0 atom stereocenters. The number of rotatable bonds is 5. The highest BCUT2D eigenvalue weighted by Crippen LogP contribution is 2.12. The first-order valence-corrected chi connectivity index (χ1v) is 6.87. The molecule has 0 radical (unpaired) electrons. The number of benzene rings is 2. The van der Waals surface area contributed by atoms with Gasteiger partial charge in [-0.3, -0.25) is 9.59 Å². The lowest BCUT2D eigenvalue weighted by Crippen LogP contribution is -2.23. The van der Waals surface area contributed by atoms with Crippen molar-refractivity contribution in [1.82, 2.24) is 10.6 Å². The van der Waals surface area contributed by atoms with E-state index in [9.17, 15) is 9.59 Å². The third kappa shape index (κ3) is 3.85. The highest BCUT2D eigenvalue weighted by molar-refractivity contribution is 5.95. The monoisotopic (exact) mass is 298 g/mol. The summed E-state index contributed by atoms with van der Waals surface area (Å²) < 4.78 is 5.10. The van der Waals surface area contributed by atoms with Crippen LogP contribution in [0, 0.1) is 0 Å². The average Bonchev–Trinajstić information content (AvgIpc) is 2.59. The molecule has 2 rings (SSSR count). The minimum absolute atomic E-state index is 0.132. The molecule has 2 aromatic rings. The third-order valence-corrected chi connectivity index (χ3v) is 3.23. The van der Waals surface area contributed by atoms with Gasteiger partial charge < -0.3 is 15.4 Å². The number of amides is 2. The van der Waals surface area contributed by atoms with Gasteiger partial charge in [0.2, 0.25) is 0 Å². The van der Waals surface area contributed by atoms with Crippen molar-refractivity contribution >= 4 is 11.8 Å². The van der Waals surface area contributed by atoms with Crippen LogP contribution >= 0.6 is 0 Å². The second-order valence-corrected chi connectivity index (χ2v) is 4.69. The fourth-order valence-corrected chi connectivity index (χ4v) is 1.97. The van der Waals surface area contributed by atoms with E-state index >= 15 is 0 Å². The summed E-state index contributed by atoms with van der Waals surface area (Å²) >= 11 is 0. The molecule has 114 valence electrons. The molecular weight excluding hydrogens is 280 g/mol. The molecule has 0 aliphatic carbocycles. The molecule has 0 saturated carbocycles. The maximum atomic E-state index is 12.1. The Kier molecular flexibility index (Phi) is 5.14. The van der Waals surface area contributed by atoms with E-state index in [1.54, 1.807) is 50.6 Å². The zero-order valence-electron chi connectivity index (χ0n) is 12.6. The molecule has 2 N–H and O–H groups in total. The topological polar surface area (TPSA) is 67.4 Å². The van der Waals surface area contributed by atoms with E-state index in [1.807, 2.05) is 12.1 Å². The largest absolute Gasteiger partial charge is 0.497 e. The lowest BCUT2D eigenvalue weighted by atomic mass is 10.1. The number of carbonyl (C=O) groups excluding carboxylic acids is 2. The number of hydrogen-bond donors (Lipinski definition) is 2. The van der Waals surface area contributed by atoms with Gasteiger partial charge in [-0.1, -0.05) is 18.2 Å². The summed E-state index contributed by atoms with van der Waals surface area (Å²) in [4.78, 5) is 23.5. The Morgan fingerprint density at radius 3 is 2.36 bits per heavy atom. The Balaban J connectivity index is 1.97. The molecule has 0 bridgehead atoms. The van der Waals surface area contributed by atoms with Gasteiger partial charge in [0.15, 0.2) is 0 Å². The van der Waals surface area contributed by atoms with E-state index in [4.69, 9.17) is 4.74 Å². The Morgan fingerprint density at radius 1 is 1.00 bits per heavy atom. The summed E-state index contributed by atoms with van der Waals surface area (Å²) in [6, 6.07) is 14.1. The maximum Gasteiger partial charge on any atom is 0.251 e. The standard InChI is InChI=1S/C17H18N2O3/c1-18-16(20)13-8-6-12(7-9-13)11-19-17(21)14-4-3-5-15(10-14)22-2/h3-10H,11H2,1-2H3,(H,18,20)(H,19,21). The first-order valence-electron chi connectivity index (χ1n) is 6.87. The van der Waals surface area contributed by atoms with Crippen molar-refractivity contribution < 1.29 is 14.3 Å². The lowest BCUT2D eigenvalue weighted by Gasteiger charge is -2.07. The molecule has 5 heteroatoms. The van der Waals surface area contributed by atoms with Gasteiger partial charge in [0.05, 0.1) is 7.11 Å². The van der Waals surface area contributed by atoms with Crippen molar-refractivity contribution in [3.63, 3.8) is 0 Å². The van der Waals surface area contributed by atoms with E-state index < -0.39 is 0 Å². The maximum absolute atomic E-state index is 12.1. The molecule has 0 fully saturated rings. The highest BCUT2D eigenvalue weighted by Gasteiger charge is 2.07. The Bertz CT molecular complexity index is 666. The fraction of sp³-hybridized carbons (Fsp3) is 0.176. The second-order valence-electron chi connectivity index (χ2n) is 4.69. The van der Waals surface area contributed by atoms with Crippen molar-refractivity contribution in [1.29, 1.82) is 0 Å². The number of ether oxygens (including phenoxy) is 1. The molecule has 0 aromatic heterocycles. The summed E-state index contributed by atoms with van der Waals surface area (Å²) in [5.41, 5.74) is 2.05. The Morgan fingerprint density at radius 2 is 1.73 bits per heavy atom. The second kappa shape index (κ2) is 7.26. The van der Waals surface area contributed by atoms with Crippen molar-refractivity contribution in [3.8, 4) is 5.75 Å². The fourth-order valence-electron chi connectivity index (χ4n) is 1.97. The first kappa shape index (κ1) is 15.6. The summed E-state index contributed by atoms with van der Waals surface area (Å²) in [6.07, 6.45) is 0. The van der Waals surface area contributed by atoms with Gasteiger partial charge in [-0.25, -0.2) is 0 Å². The molecule has 0 saturated heterocycles. The van der Waals surface area contributed by atoms with Gasteiger partial charge in [0, 0.05) is 24.7 Å². The van der Waals surface area contributed by atoms with Crippen LogP contribution in [0.15, 0.2) is 48.5 Å². The molecule has 0 unspecified atom stereocenters. The summed E-state index contributed by atoms with van der Waals surface area (Å²) in [7, 11) is 3.15. The van der Waals surface area contributed by atoms with Crippen molar-refractivity contribution in [2.75, 3.05) is 14.2 Å². The molecule has 5 nitrogen and oxygen atoms in total. The predicted molar refractivity (Wildman–Crippen MR) is 84.0 cm³/mol. The molecule has 2 amide bonds. The Labute approximate surface area is 129 Å². The summed E-state index contributed by atoms with van der Waals surface area (Å²) in [5, 5.41) is 5.40. The normalized spacial score (nSPS) is 9.91. The van der Waals surface area contributed by atoms with Crippen LogP contribution in [0.4, 0.5) is 0 Å². The van der Waals surface area contributed by atoms with E-state index in [0.29, 0.717) is 23.4 Å². The van der Waals surface area contributed by atoms with Crippen LogP contribution in [0.3, 0.4) is 0 Å². The van der Waals surface area contributed by atoms with Gasteiger partial charge >= 0.3 is 0 Å². The smallest absolute Gasteiger partial charge is 0.251 e. The summed E-state index contributed by atoms with van der Waals surface area (Å²) in [6.45, 7) is 0.393. The van der Waals surface area contributed by atoms with Crippen LogP contribution in [0.5, 0.6) is 5.75 Å². The molecule has 0 heterocycles. The number of hydrogen-bond acceptors (Lipinski definition) is 3. The third-order valence-electron chi connectivity index (χ3n) is 3.23. The van der Waals surface area contributed by atoms with Crippen LogP contribution < -0.4 is 15.4 Å². The van der Waals surface area contributed by atoms with Crippen LogP contribution in [0.1, 0.15) is 26.3 Å². The van der Waals surface area contributed by atoms with Crippen LogP contribution in [0.2, 0.25) is 0 Å². The SMILES string of the molecule is CNC(=O)c1ccc(CNC(=O)c2cccc(OC)c2)cc1. The van der Waals surface area contributed by atoms with Gasteiger partial charge in [-0.15, -0.1) is 0 Å². The van der Waals surface area contributed by atoms with Crippen LogP contribution in [-0.4, -0.2) is 26.0 Å². The number of methoxy groups -OCH3 is 1. The van der Waals surface area contributed by atoms with Gasteiger partial charge in [-0.2, -0.15) is 0 Å². The quantitative estimate of drug-likeness (QED) is 0.887. The van der Waals surface area contributed by atoms with E-state index in [-0.39, 0.29) is 11.8 Å². The number of nitrogens with one attached hydrogen (secondary N) is 2. The summed E-state index contributed by atoms with van der Waals surface area (Å²) in [5.74, 6) is 0.337. The van der Waals surface area contributed by atoms with Crippen LogP contribution in [-0.2, 0) is 6.54 Å². The molecule has 0 aliphatic rings. The molecule has 0 spiro atoms.